The highest BCUT2D eigenvalue weighted by Gasteiger charge is 2.59. The lowest BCUT2D eigenvalue weighted by Crippen LogP contribution is -2.40. The highest BCUT2D eigenvalue weighted by Crippen LogP contribution is 2.46. The molecule has 132 valence electrons. The topological polar surface area (TPSA) is 46.5 Å². The number of hydrogen-bond donors (Lipinski definition) is 1. The van der Waals surface area contributed by atoms with E-state index in [0.717, 1.165) is 0 Å². The van der Waals surface area contributed by atoms with Gasteiger partial charge in [-0.15, -0.1) is 0 Å². The monoisotopic (exact) mass is 362 g/mol. The molecule has 0 spiro atoms. The minimum absolute atomic E-state index is 0.234. The van der Waals surface area contributed by atoms with Crippen LogP contribution in [0.4, 0.5) is 35.1 Å². The number of ether oxygens (including phenoxy) is 1. The van der Waals surface area contributed by atoms with Crippen LogP contribution in [0.1, 0.15) is 11.1 Å². The van der Waals surface area contributed by atoms with Gasteiger partial charge in [-0.05, 0) is 24.3 Å². The van der Waals surface area contributed by atoms with Crippen LogP contribution in [0.15, 0.2) is 23.8 Å². The van der Waals surface area contributed by atoms with Gasteiger partial charge >= 0.3 is 24.2 Å². The predicted molar refractivity (Wildman–Crippen MR) is 62.5 cm³/mol. The summed E-state index contributed by atoms with van der Waals surface area (Å²) in [7, 11) is 0. The highest BCUT2D eigenvalue weighted by atomic mass is 19.4. The third-order valence-corrected chi connectivity index (χ3v) is 3.11. The minimum atomic E-state index is -5.93. The van der Waals surface area contributed by atoms with Gasteiger partial charge in [0.15, 0.2) is 0 Å². The van der Waals surface area contributed by atoms with Gasteiger partial charge in [-0.25, -0.2) is 4.79 Å². The van der Waals surface area contributed by atoms with E-state index in [9.17, 15) is 39.9 Å². The summed E-state index contributed by atoms with van der Waals surface area (Å²) in [4.78, 5) is 10.9. The van der Waals surface area contributed by atoms with Gasteiger partial charge in [0.05, 0.1) is 5.57 Å². The van der Waals surface area contributed by atoms with Crippen LogP contribution in [-0.2, 0) is 10.7 Å². The maximum atomic E-state index is 13.3. The number of halogens is 8. The van der Waals surface area contributed by atoms with E-state index in [1.54, 1.807) is 0 Å². The molecule has 11 heteroatoms. The van der Waals surface area contributed by atoms with E-state index in [0.29, 0.717) is 12.1 Å². The third kappa shape index (κ3) is 3.02. The van der Waals surface area contributed by atoms with Crippen LogP contribution in [0.5, 0.6) is 5.75 Å². The Balaban J connectivity index is 2.56. The summed E-state index contributed by atoms with van der Waals surface area (Å²) in [5.41, 5.74) is -3.51. The summed E-state index contributed by atoms with van der Waals surface area (Å²) in [6.07, 6.45) is -13.5. The van der Waals surface area contributed by atoms with Crippen LogP contribution in [0, 0.1) is 0 Å². The molecule has 0 saturated carbocycles. The zero-order valence-corrected chi connectivity index (χ0v) is 11.2. The van der Waals surface area contributed by atoms with Crippen molar-refractivity contribution in [3.63, 3.8) is 0 Å². The Labute approximate surface area is 128 Å². The van der Waals surface area contributed by atoms with Crippen LogP contribution < -0.4 is 4.74 Å². The summed E-state index contributed by atoms with van der Waals surface area (Å²) in [6, 6.07) is 0.996. The molecule has 0 amide bonds. The first-order valence-corrected chi connectivity index (χ1v) is 6.02. The van der Waals surface area contributed by atoms with Crippen LogP contribution >= 0.6 is 0 Å². The fraction of sp³-hybridized carbons (Fsp3) is 0.308. The molecule has 1 unspecified atom stereocenters. The molecule has 0 radical (unpaired) electrons. The average Bonchev–Trinajstić information content (AvgIpc) is 2.42. The Morgan fingerprint density at radius 3 is 2.08 bits per heavy atom. The molecule has 0 fully saturated rings. The first kappa shape index (κ1) is 18.0. The quantitative estimate of drug-likeness (QED) is 0.805. The number of carboxylic acid groups (broad SMARTS) is 1. The number of hydrogen-bond acceptors (Lipinski definition) is 2. The number of aliphatic carboxylic acids is 1. The lowest BCUT2D eigenvalue weighted by molar-refractivity contribution is -0.289. The van der Waals surface area contributed by atoms with Crippen LogP contribution in [0.2, 0.25) is 0 Å². The van der Waals surface area contributed by atoms with Crippen LogP contribution in [-0.4, -0.2) is 29.5 Å². The van der Waals surface area contributed by atoms with Gasteiger partial charge in [-0.2, -0.15) is 35.1 Å². The van der Waals surface area contributed by atoms with E-state index < -0.39 is 52.8 Å². The maximum absolute atomic E-state index is 13.3. The number of fused-ring (bicyclic) bond motifs is 1. The fourth-order valence-electron chi connectivity index (χ4n) is 1.98. The van der Waals surface area contributed by atoms with Crippen molar-refractivity contribution in [2.45, 2.75) is 24.4 Å². The van der Waals surface area contributed by atoms with Gasteiger partial charge in [-0.3, -0.25) is 0 Å². The zero-order valence-electron chi connectivity index (χ0n) is 11.2. The molecule has 2 rings (SSSR count). The predicted octanol–water partition coefficient (Wildman–Crippen LogP) is 4.13. The smallest absolute Gasteiger partial charge is 0.458 e. The molecule has 0 bridgehead atoms. The lowest BCUT2D eigenvalue weighted by Gasteiger charge is -2.28. The molecule has 1 aliphatic rings. The molecule has 0 saturated heterocycles. The normalized spacial score (nSPS) is 18.5. The van der Waals surface area contributed by atoms with Gasteiger partial charge in [-0.1, -0.05) is 0 Å². The SMILES string of the molecule is O=C(O)C1=Cc2cc(C(F)(F)C(F)(F)F)ccc2OC1C(F)(F)F. The average molecular weight is 362 g/mol. The molecule has 1 aromatic carbocycles. The van der Waals surface area contributed by atoms with E-state index in [1.807, 2.05) is 0 Å². The Morgan fingerprint density at radius 2 is 1.62 bits per heavy atom. The van der Waals surface area contributed by atoms with E-state index in [1.165, 1.54) is 0 Å². The summed E-state index contributed by atoms with van der Waals surface area (Å²) in [6.45, 7) is 0. The van der Waals surface area contributed by atoms with Crippen molar-refractivity contribution in [2.75, 3.05) is 0 Å². The molecule has 1 atom stereocenters. The van der Waals surface area contributed by atoms with Crippen molar-refractivity contribution < 1.29 is 49.8 Å². The first-order valence-electron chi connectivity index (χ1n) is 6.02. The lowest BCUT2D eigenvalue weighted by atomic mass is 9.97. The summed E-state index contributed by atoms with van der Waals surface area (Å²) in [5, 5.41) is 8.78. The summed E-state index contributed by atoms with van der Waals surface area (Å²) in [5.74, 6) is -7.97. The fourth-order valence-corrected chi connectivity index (χ4v) is 1.98. The summed E-state index contributed by atoms with van der Waals surface area (Å²) < 4.78 is 106. The van der Waals surface area contributed by atoms with Crippen molar-refractivity contribution in [3.05, 3.63) is 34.9 Å². The molecule has 0 aromatic heterocycles. The van der Waals surface area contributed by atoms with Crippen molar-refractivity contribution in [1.82, 2.24) is 0 Å². The Bertz CT molecular complexity index is 702. The van der Waals surface area contributed by atoms with Gasteiger partial charge in [0.1, 0.15) is 5.75 Å². The number of carboxylic acids is 1. The van der Waals surface area contributed by atoms with Crippen molar-refractivity contribution >= 4 is 12.0 Å². The van der Waals surface area contributed by atoms with E-state index >= 15 is 0 Å². The zero-order chi connectivity index (χ0) is 18.5. The Hall–Kier alpha value is -2.33. The standard InChI is InChI=1S/C13H6F8O3/c14-11(15,13(19,20)21)6-1-2-8-5(3-6)4-7(10(22)23)9(24-8)12(16,17)18/h1-4,9H,(H,22,23). The minimum Gasteiger partial charge on any atom is -0.478 e. The molecule has 1 heterocycles. The molecular weight excluding hydrogens is 356 g/mol. The molecule has 0 aliphatic carbocycles. The van der Waals surface area contributed by atoms with Crippen LogP contribution in [0.25, 0.3) is 6.08 Å². The third-order valence-electron chi connectivity index (χ3n) is 3.11. The Morgan fingerprint density at radius 1 is 1.04 bits per heavy atom. The number of alkyl halides is 8. The Kier molecular flexibility index (Phi) is 4.01. The first-order chi connectivity index (χ1) is 10.7. The van der Waals surface area contributed by atoms with E-state index in [2.05, 4.69) is 4.74 Å². The van der Waals surface area contributed by atoms with Gasteiger partial charge < -0.3 is 9.84 Å². The van der Waals surface area contributed by atoms with Crippen molar-refractivity contribution in [1.29, 1.82) is 0 Å². The molecule has 3 nitrogen and oxygen atoms in total. The van der Waals surface area contributed by atoms with Crippen molar-refractivity contribution in [3.8, 4) is 5.75 Å². The van der Waals surface area contributed by atoms with E-state index in [-0.39, 0.29) is 12.1 Å². The second kappa shape index (κ2) is 5.35. The van der Waals surface area contributed by atoms with E-state index in [4.69, 9.17) is 5.11 Å². The number of carbonyl (C=O) groups is 1. The highest BCUT2D eigenvalue weighted by molar-refractivity contribution is 5.95. The number of benzene rings is 1. The largest absolute Gasteiger partial charge is 0.478 e. The van der Waals surface area contributed by atoms with Gasteiger partial charge in [0.2, 0.25) is 6.10 Å². The number of rotatable bonds is 2. The van der Waals surface area contributed by atoms with Gasteiger partial charge in [0, 0.05) is 11.1 Å². The van der Waals surface area contributed by atoms with Gasteiger partial charge in [0.25, 0.3) is 0 Å². The van der Waals surface area contributed by atoms with Crippen LogP contribution in [0.3, 0.4) is 0 Å². The summed E-state index contributed by atoms with van der Waals surface area (Å²) >= 11 is 0. The molecule has 1 N–H and O–H groups in total. The molecule has 1 aromatic rings. The molecule has 24 heavy (non-hydrogen) atoms. The maximum Gasteiger partial charge on any atom is 0.458 e. The van der Waals surface area contributed by atoms with Crippen molar-refractivity contribution in [2.24, 2.45) is 0 Å². The second-order valence-corrected chi connectivity index (χ2v) is 4.77. The molecular formula is C13H6F8O3. The second-order valence-electron chi connectivity index (χ2n) is 4.77. The molecule has 1 aliphatic heterocycles.